The minimum atomic E-state index is 0.639. The molecule has 2 nitrogen and oxygen atoms in total. The lowest BCUT2D eigenvalue weighted by Crippen LogP contribution is -1.84. The van der Waals surface area contributed by atoms with E-state index in [1.165, 1.54) is 5.56 Å². The van der Waals surface area contributed by atoms with Gasteiger partial charge in [0.15, 0.2) is 0 Å². The SMILES string of the molecule is N#CCCCSCc1ccc(C#N)cc1. The van der Waals surface area contributed by atoms with Crippen molar-refractivity contribution in [2.75, 3.05) is 5.75 Å². The Morgan fingerprint density at radius 3 is 2.47 bits per heavy atom. The highest BCUT2D eigenvalue weighted by Crippen LogP contribution is 2.14. The lowest BCUT2D eigenvalue weighted by atomic mass is 10.2. The standard InChI is InChI=1S/C12H12N2S/c13-7-1-2-8-15-10-12-5-3-11(9-14)4-6-12/h3-6H,1-2,8,10H2. The van der Waals surface area contributed by atoms with Crippen LogP contribution in [-0.2, 0) is 5.75 Å². The van der Waals surface area contributed by atoms with Crippen molar-refractivity contribution in [3.63, 3.8) is 0 Å². The van der Waals surface area contributed by atoms with Crippen LogP contribution in [0.4, 0.5) is 0 Å². The molecule has 0 aliphatic rings. The van der Waals surface area contributed by atoms with Crippen LogP contribution >= 0.6 is 11.8 Å². The van der Waals surface area contributed by atoms with Gasteiger partial charge in [0, 0.05) is 12.2 Å². The predicted octanol–water partition coefficient (Wildman–Crippen LogP) is 3.10. The molecule has 0 atom stereocenters. The van der Waals surface area contributed by atoms with E-state index in [0.717, 1.165) is 17.9 Å². The molecule has 3 heteroatoms. The third-order valence-electron chi connectivity index (χ3n) is 1.93. The Morgan fingerprint density at radius 2 is 1.87 bits per heavy atom. The zero-order valence-corrected chi connectivity index (χ0v) is 9.26. The van der Waals surface area contributed by atoms with Gasteiger partial charge >= 0.3 is 0 Å². The minimum absolute atomic E-state index is 0.639. The molecule has 0 N–H and O–H groups in total. The second-order valence-electron chi connectivity index (χ2n) is 3.12. The number of hydrogen-bond donors (Lipinski definition) is 0. The van der Waals surface area contributed by atoms with E-state index in [2.05, 4.69) is 12.1 Å². The number of benzene rings is 1. The molecule has 0 spiro atoms. The average molecular weight is 216 g/mol. The van der Waals surface area contributed by atoms with Crippen molar-refractivity contribution in [2.24, 2.45) is 0 Å². The van der Waals surface area contributed by atoms with E-state index in [9.17, 15) is 0 Å². The molecule has 0 saturated heterocycles. The molecule has 1 aromatic rings. The lowest BCUT2D eigenvalue weighted by molar-refractivity contribution is 0.981. The van der Waals surface area contributed by atoms with E-state index in [1.807, 2.05) is 36.0 Å². The molecular formula is C12H12N2S. The third kappa shape index (κ3) is 4.54. The predicted molar refractivity (Wildman–Crippen MR) is 62.2 cm³/mol. The van der Waals surface area contributed by atoms with E-state index in [-0.39, 0.29) is 0 Å². The largest absolute Gasteiger partial charge is 0.198 e. The van der Waals surface area contributed by atoms with Gasteiger partial charge in [0.1, 0.15) is 0 Å². The van der Waals surface area contributed by atoms with Crippen LogP contribution in [0.1, 0.15) is 24.0 Å². The first-order chi connectivity index (χ1) is 7.36. The highest BCUT2D eigenvalue weighted by atomic mass is 32.2. The van der Waals surface area contributed by atoms with E-state index in [1.54, 1.807) is 0 Å². The fraction of sp³-hybridized carbons (Fsp3) is 0.333. The zero-order valence-electron chi connectivity index (χ0n) is 8.44. The number of unbranched alkanes of at least 4 members (excludes halogenated alkanes) is 1. The third-order valence-corrected chi connectivity index (χ3v) is 3.04. The monoisotopic (exact) mass is 216 g/mol. The van der Waals surface area contributed by atoms with Gasteiger partial charge in [-0.3, -0.25) is 0 Å². The molecule has 76 valence electrons. The highest BCUT2D eigenvalue weighted by Gasteiger charge is 1.94. The van der Waals surface area contributed by atoms with Crippen LogP contribution in [-0.4, -0.2) is 5.75 Å². The molecule has 0 aliphatic heterocycles. The molecule has 0 saturated carbocycles. The van der Waals surface area contributed by atoms with Crippen LogP contribution in [0.2, 0.25) is 0 Å². The Bertz CT molecular complexity index is 370. The Balaban J connectivity index is 2.27. The first-order valence-corrected chi connectivity index (χ1v) is 5.96. The molecule has 0 radical (unpaired) electrons. The molecule has 1 rings (SSSR count). The summed E-state index contributed by atoms with van der Waals surface area (Å²) in [4.78, 5) is 0. The first kappa shape index (κ1) is 11.6. The number of thioether (sulfide) groups is 1. The van der Waals surface area contributed by atoms with Crippen LogP contribution in [0.5, 0.6) is 0 Å². The van der Waals surface area contributed by atoms with Gasteiger partial charge in [0.25, 0.3) is 0 Å². The summed E-state index contributed by atoms with van der Waals surface area (Å²) >= 11 is 1.83. The number of nitrogens with zero attached hydrogens (tertiary/aromatic N) is 2. The summed E-state index contributed by atoms with van der Waals surface area (Å²) in [5, 5.41) is 17.0. The maximum Gasteiger partial charge on any atom is 0.0991 e. The van der Waals surface area contributed by atoms with Crippen molar-refractivity contribution >= 4 is 11.8 Å². The van der Waals surface area contributed by atoms with E-state index in [0.29, 0.717) is 12.0 Å². The topological polar surface area (TPSA) is 47.6 Å². The van der Waals surface area contributed by atoms with E-state index >= 15 is 0 Å². The fourth-order valence-electron chi connectivity index (χ4n) is 1.12. The quantitative estimate of drug-likeness (QED) is 0.710. The van der Waals surface area contributed by atoms with Crippen molar-refractivity contribution in [3.05, 3.63) is 35.4 Å². The highest BCUT2D eigenvalue weighted by molar-refractivity contribution is 7.98. The van der Waals surface area contributed by atoms with Crippen LogP contribution in [0.25, 0.3) is 0 Å². The Morgan fingerprint density at radius 1 is 1.13 bits per heavy atom. The molecule has 0 heterocycles. The normalized spacial score (nSPS) is 9.20. The van der Waals surface area contributed by atoms with Gasteiger partial charge in [-0.1, -0.05) is 12.1 Å². The lowest BCUT2D eigenvalue weighted by Gasteiger charge is -2.00. The molecule has 15 heavy (non-hydrogen) atoms. The first-order valence-electron chi connectivity index (χ1n) is 4.80. The summed E-state index contributed by atoms with van der Waals surface area (Å²) in [6.07, 6.45) is 1.60. The summed E-state index contributed by atoms with van der Waals surface area (Å²) in [7, 11) is 0. The van der Waals surface area contributed by atoms with Crippen LogP contribution in [0, 0.1) is 22.7 Å². The van der Waals surface area contributed by atoms with Crippen molar-refractivity contribution in [3.8, 4) is 12.1 Å². The molecule has 0 amide bonds. The maximum atomic E-state index is 8.62. The average Bonchev–Trinajstić information content (AvgIpc) is 2.30. The van der Waals surface area contributed by atoms with Gasteiger partial charge in [-0.2, -0.15) is 22.3 Å². The van der Waals surface area contributed by atoms with Gasteiger partial charge in [0.2, 0.25) is 0 Å². The zero-order chi connectivity index (χ0) is 10.9. The Hall–Kier alpha value is -1.45. The van der Waals surface area contributed by atoms with Crippen molar-refractivity contribution in [1.82, 2.24) is 0 Å². The van der Waals surface area contributed by atoms with Gasteiger partial charge in [-0.25, -0.2) is 0 Å². The van der Waals surface area contributed by atoms with Crippen LogP contribution < -0.4 is 0 Å². The molecule has 0 unspecified atom stereocenters. The molecule has 1 aromatic carbocycles. The van der Waals surface area contributed by atoms with Gasteiger partial charge < -0.3 is 0 Å². The number of rotatable bonds is 5. The second-order valence-corrected chi connectivity index (χ2v) is 4.23. The maximum absolute atomic E-state index is 8.62. The summed E-state index contributed by atoms with van der Waals surface area (Å²) in [6.45, 7) is 0. The van der Waals surface area contributed by atoms with E-state index in [4.69, 9.17) is 10.5 Å². The van der Waals surface area contributed by atoms with Gasteiger partial charge in [0.05, 0.1) is 17.7 Å². The van der Waals surface area contributed by atoms with Gasteiger partial charge in [-0.15, -0.1) is 0 Å². The fourth-order valence-corrected chi connectivity index (χ4v) is 2.04. The van der Waals surface area contributed by atoms with E-state index < -0.39 is 0 Å². The Labute approximate surface area is 94.5 Å². The van der Waals surface area contributed by atoms with Crippen LogP contribution in [0.15, 0.2) is 24.3 Å². The number of nitriles is 2. The van der Waals surface area contributed by atoms with Crippen molar-refractivity contribution in [2.45, 2.75) is 18.6 Å². The molecule has 0 aromatic heterocycles. The minimum Gasteiger partial charge on any atom is -0.198 e. The molecule has 0 aliphatic carbocycles. The Kier molecular flexibility index (Phi) is 5.37. The number of hydrogen-bond acceptors (Lipinski definition) is 3. The summed E-state index contributed by atoms with van der Waals surface area (Å²) in [5.74, 6) is 1.98. The van der Waals surface area contributed by atoms with Crippen molar-refractivity contribution in [1.29, 1.82) is 10.5 Å². The van der Waals surface area contributed by atoms with Gasteiger partial charge in [-0.05, 0) is 29.9 Å². The van der Waals surface area contributed by atoms with Crippen LogP contribution in [0.3, 0.4) is 0 Å². The smallest absolute Gasteiger partial charge is 0.0991 e. The summed E-state index contributed by atoms with van der Waals surface area (Å²) < 4.78 is 0. The molecule has 0 fully saturated rings. The summed E-state index contributed by atoms with van der Waals surface area (Å²) in [5.41, 5.74) is 1.93. The molecular weight excluding hydrogens is 204 g/mol. The molecule has 0 bridgehead atoms. The summed E-state index contributed by atoms with van der Waals surface area (Å²) in [6, 6.07) is 11.9. The second kappa shape index (κ2) is 6.92. The van der Waals surface area contributed by atoms with Crippen molar-refractivity contribution < 1.29 is 0 Å².